The molecule has 2 amide bonds. The van der Waals surface area contributed by atoms with E-state index in [9.17, 15) is 9.59 Å². The predicted octanol–water partition coefficient (Wildman–Crippen LogP) is 3.07. The van der Waals surface area contributed by atoms with Gasteiger partial charge in [-0.25, -0.2) is 0 Å². The highest BCUT2D eigenvalue weighted by molar-refractivity contribution is 6.39. The molecule has 6 heteroatoms. The highest BCUT2D eigenvalue weighted by Gasteiger charge is 2.35. The smallest absolute Gasteiger partial charge is 0.270 e. The molecule has 0 aliphatic carbocycles. The monoisotopic (exact) mass is 390 g/mol. The number of rotatable bonds is 4. The van der Waals surface area contributed by atoms with E-state index in [0.717, 1.165) is 11.3 Å². The number of carbonyl (C=O) groups excluding carboxylic acids is 2. The number of hydrogen-bond donors (Lipinski definition) is 0. The molecule has 0 aromatic heterocycles. The Kier molecular flexibility index (Phi) is 5.60. The van der Waals surface area contributed by atoms with Crippen molar-refractivity contribution >= 4 is 23.2 Å². The van der Waals surface area contributed by atoms with Crippen molar-refractivity contribution in [2.75, 3.05) is 31.2 Å². The largest absolute Gasteiger partial charge is 0.339 e. The molecule has 150 valence electrons. The summed E-state index contributed by atoms with van der Waals surface area (Å²) in [6.07, 6.45) is 1.08. The lowest BCUT2D eigenvalue weighted by molar-refractivity contribution is -0.136. The van der Waals surface area contributed by atoms with E-state index in [4.69, 9.17) is 5.10 Å². The highest BCUT2D eigenvalue weighted by Crippen LogP contribution is 2.35. The van der Waals surface area contributed by atoms with Gasteiger partial charge in [0.15, 0.2) is 0 Å². The van der Waals surface area contributed by atoms with E-state index in [2.05, 4.69) is 12.1 Å². The molecule has 2 heterocycles. The Morgan fingerprint density at radius 3 is 2.10 bits per heavy atom. The first-order valence-electron chi connectivity index (χ1n) is 10.2. The highest BCUT2D eigenvalue weighted by atomic mass is 16.2. The molecule has 6 nitrogen and oxygen atoms in total. The Hall–Kier alpha value is -3.15. The molecule has 2 aromatic carbocycles. The number of hydrazone groups is 1. The summed E-state index contributed by atoms with van der Waals surface area (Å²) < 4.78 is 0. The van der Waals surface area contributed by atoms with E-state index in [-0.39, 0.29) is 17.9 Å². The summed E-state index contributed by atoms with van der Waals surface area (Å²) in [5, 5.41) is 6.70. The summed E-state index contributed by atoms with van der Waals surface area (Å²) in [7, 11) is 0. The van der Waals surface area contributed by atoms with Crippen LogP contribution in [-0.2, 0) is 9.59 Å². The lowest BCUT2D eigenvalue weighted by atomic mass is 10.0. The van der Waals surface area contributed by atoms with Crippen LogP contribution in [0.5, 0.6) is 0 Å². The van der Waals surface area contributed by atoms with E-state index in [0.29, 0.717) is 44.7 Å². The van der Waals surface area contributed by atoms with Gasteiger partial charge in [0.05, 0.1) is 11.7 Å². The zero-order valence-corrected chi connectivity index (χ0v) is 16.7. The minimum Gasteiger partial charge on any atom is -0.339 e. The van der Waals surface area contributed by atoms with Crippen molar-refractivity contribution in [2.45, 2.75) is 25.8 Å². The Morgan fingerprint density at radius 1 is 0.897 bits per heavy atom. The van der Waals surface area contributed by atoms with Crippen molar-refractivity contribution in [1.82, 2.24) is 9.80 Å². The van der Waals surface area contributed by atoms with Gasteiger partial charge in [-0.15, -0.1) is 0 Å². The van der Waals surface area contributed by atoms with Crippen LogP contribution in [0, 0.1) is 0 Å². The molecule has 2 aliphatic heterocycles. The van der Waals surface area contributed by atoms with Gasteiger partial charge in [0.1, 0.15) is 5.71 Å². The zero-order valence-electron chi connectivity index (χ0n) is 16.7. The van der Waals surface area contributed by atoms with Gasteiger partial charge in [-0.1, -0.05) is 55.5 Å². The second kappa shape index (κ2) is 8.47. The molecule has 1 atom stereocenters. The molecule has 0 spiro atoms. The van der Waals surface area contributed by atoms with Crippen LogP contribution in [0.2, 0.25) is 0 Å². The van der Waals surface area contributed by atoms with E-state index in [1.807, 2.05) is 70.3 Å². The van der Waals surface area contributed by atoms with E-state index >= 15 is 0 Å². The predicted molar refractivity (Wildman–Crippen MR) is 114 cm³/mol. The second-order valence-electron chi connectivity index (χ2n) is 7.38. The topological polar surface area (TPSA) is 56.2 Å². The summed E-state index contributed by atoms with van der Waals surface area (Å²) in [5.74, 6) is 0.127. The maximum Gasteiger partial charge on any atom is 0.270 e. The van der Waals surface area contributed by atoms with Crippen molar-refractivity contribution in [2.24, 2.45) is 5.10 Å². The van der Waals surface area contributed by atoms with Crippen LogP contribution in [0.1, 0.15) is 31.4 Å². The molecule has 1 fully saturated rings. The van der Waals surface area contributed by atoms with Gasteiger partial charge >= 0.3 is 0 Å². The van der Waals surface area contributed by atoms with Crippen LogP contribution >= 0.6 is 0 Å². The maximum absolute atomic E-state index is 13.2. The van der Waals surface area contributed by atoms with Gasteiger partial charge in [0, 0.05) is 39.0 Å². The van der Waals surface area contributed by atoms with Crippen molar-refractivity contribution in [1.29, 1.82) is 0 Å². The van der Waals surface area contributed by atoms with Crippen molar-refractivity contribution in [3.63, 3.8) is 0 Å². The maximum atomic E-state index is 13.2. The normalized spacial score (nSPS) is 19.3. The zero-order chi connectivity index (χ0) is 20.2. The van der Waals surface area contributed by atoms with Crippen LogP contribution < -0.4 is 5.01 Å². The third-order valence-electron chi connectivity index (χ3n) is 5.58. The average molecular weight is 390 g/mol. The van der Waals surface area contributed by atoms with Crippen LogP contribution in [0.25, 0.3) is 0 Å². The summed E-state index contributed by atoms with van der Waals surface area (Å²) in [6.45, 7) is 4.18. The number of para-hydroxylation sites is 1. The molecule has 2 aromatic rings. The molecule has 29 heavy (non-hydrogen) atoms. The van der Waals surface area contributed by atoms with E-state index in [1.54, 1.807) is 0 Å². The Bertz CT molecular complexity index is 890. The quantitative estimate of drug-likeness (QED) is 0.806. The lowest BCUT2D eigenvalue weighted by Gasteiger charge is -2.34. The average Bonchev–Trinajstić information content (AvgIpc) is 3.25. The molecule has 0 saturated carbocycles. The fourth-order valence-corrected chi connectivity index (χ4v) is 3.96. The standard InChI is InChI=1S/C23H26N4O2/c1-2-22(28)25-13-15-26(16-14-25)23(29)20-17-21(18-9-5-3-6-10-18)27(24-20)19-11-7-4-8-12-19/h3-12,21H,2,13-17H2,1H3. The molecule has 0 N–H and O–H groups in total. The number of carbonyl (C=O) groups is 2. The minimum atomic E-state index is -0.0204. The first-order valence-corrected chi connectivity index (χ1v) is 10.2. The first kappa shape index (κ1) is 19.2. The Labute approximate surface area is 171 Å². The molecule has 2 aliphatic rings. The first-order chi connectivity index (χ1) is 14.2. The van der Waals surface area contributed by atoms with Gasteiger partial charge in [-0.3, -0.25) is 14.6 Å². The Balaban J connectivity index is 1.53. The number of nitrogens with zero attached hydrogens (tertiary/aromatic N) is 4. The number of piperazine rings is 1. The number of benzene rings is 2. The molecule has 4 rings (SSSR count). The SMILES string of the molecule is CCC(=O)N1CCN(C(=O)C2=NN(c3ccccc3)C(c3ccccc3)C2)CC1. The van der Waals surface area contributed by atoms with Crippen molar-refractivity contribution < 1.29 is 9.59 Å². The number of amides is 2. The fraction of sp³-hybridized carbons (Fsp3) is 0.348. The van der Waals surface area contributed by atoms with Gasteiger partial charge in [0.25, 0.3) is 5.91 Å². The van der Waals surface area contributed by atoms with Gasteiger partial charge in [0.2, 0.25) is 5.91 Å². The number of anilines is 1. The molecule has 1 saturated heterocycles. The van der Waals surface area contributed by atoms with Crippen LogP contribution in [0.3, 0.4) is 0 Å². The summed E-state index contributed by atoms with van der Waals surface area (Å²) >= 11 is 0. The molecular formula is C23H26N4O2. The van der Waals surface area contributed by atoms with Crippen molar-refractivity contribution in [3.8, 4) is 0 Å². The summed E-state index contributed by atoms with van der Waals surface area (Å²) in [5.41, 5.74) is 2.70. The third kappa shape index (κ3) is 4.01. The summed E-state index contributed by atoms with van der Waals surface area (Å²) in [4.78, 5) is 28.7. The molecular weight excluding hydrogens is 364 g/mol. The molecule has 1 unspecified atom stereocenters. The van der Waals surface area contributed by atoms with Gasteiger partial charge in [-0.2, -0.15) is 5.10 Å². The minimum absolute atomic E-state index is 0.000471. The number of hydrogen-bond acceptors (Lipinski definition) is 4. The van der Waals surface area contributed by atoms with Crippen LogP contribution in [0.15, 0.2) is 65.8 Å². The fourth-order valence-electron chi connectivity index (χ4n) is 3.96. The van der Waals surface area contributed by atoms with E-state index in [1.165, 1.54) is 0 Å². The van der Waals surface area contributed by atoms with Crippen molar-refractivity contribution in [3.05, 3.63) is 66.2 Å². The van der Waals surface area contributed by atoms with Gasteiger partial charge < -0.3 is 9.80 Å². The lowest BCUT2D eigenvalue weighted by Crippen LogP contribution is -2.51. The second-order valence-corrected chi connectivity index (χ2v) is 7.38. The Morgan fingerprint density at radius 2 is 1.48 bits per heavy atom. The third-order valence-corrected chi connectivity index (χ3v) is 5.58. The van der Waals surface area contributed by atoms with Crippen LogP contribution in [-0.4, -0.2) is 53.5 Å². The van der Waals surface area contributed by atoms with E-state index < -0.39 is 0 Å². The van der Waals surface area contributed by atoms with Crippen LogP contribution in [0.4, 0.5) is 5.69 Å². The molecule has 0 bridgehead atoms. The van der Waals surface area contributed by atoms with Gasteiger partial charge in [-0.05, 0) is 17.7 Å². The summed E-state index contributed by atoms with van der Waals surface area (Å²) in [6, 6.07) is 20.2. The molecule has 0 radical (unpaired) electrons.